The van der Waals surface area contributed by atoms with E-state index >= 15 is 0 Å². The molecule has 0 aliphatic rings. The molecular weight excluding hydrogens is 304 g/mol. The Morgan fingerprint density at radius 3 is 2.79 bits per heavy atom. The molecule has 6 heteroatoms. The molecule has 0 saturated carbocycles. The van der Waals surface area contributed by atoms with E-state index in [0.717, 1.165) is 17.8 Å². The summed E-state index contributed by atoms with van der Waals surface area (Å²) >= 11 is 0. The zero-order chi connectivity index (χ0) is 17.3. The quantitative estimate of drug-likeness (QED) is 0.798. The van der Waals surface area contributed by atoms with E-state index in [4.69, 9.17) is 4.52 Å². The normalized spacial score (nSPS) is 11.2. The summed E-state index contributed by atoms with van der Waals surface area (Å²) in [5.74, 6) is -0.196. The van der Waals surface area contributed by atoms with Crippen LogP contribution in [0.3, 0.4) is 0 Å². The summed E-state index contributed by atoms with van der Waals surface area (Å²) in [6, 6.07) is 9.58. The SMILES string of the molecule is Cc1cc(C(=O)Nc2cccc(CN(C)C)c2)c2c(C)noc2n1. The monoisotopic (exact) mass is 324 g/mol. The third kappa shape index (κ3) is 3.28. The van der Waals surface area contributed by atoms with E-state index < -0.39 is 0 Å². The van der Waals surface area contributed by atoms with Crippen LogP contribution in [0.2, 0.25) is 0 Å². The minimum absolute atomic E-state index is 0.196. The number of rotatable bonds is 4. The number of hydrogen-bond acceptors (Lipinski definition) is 5. The van der Waals surface area contributed by atoms with Gasteiger partial charge in [0.2, 0.25) is 0 Å². The molecule has 0 radical (unpaired) electrons. The highest BCUT2D eigenvalue weighted by Gasteiger charge is 2.18. The van der Waals surface area contributed by atoms with Crippen molar-refractivity contribution in [3.05, 3.63) is 52.8 Å². The van der Waals surface area contributed by atoms with Crippen molar-refractivity contribution in [2.75, 3.05) is 19.4 Å². The Hall–Kier alpha value is -2.73. The number of benzene rings is 1. The summed E-state index contributed by atoms with van der Waals surface area (Å²) < 4.78 is 5.19. The highest BCUT2D eigenvalue weighted by molar-refractivity contribution is 6.12. The minimum Gasteiger partial charge on any atom is -0.336 e. The van der Waals surface area contributed by atoms with Gasteiger partial charge in [-0.25, -0.2) is 4.98 Å². The Balaban J connectivity index is 1.92. The third-order valence-corrected chi connectivity index (χ3v) is 3.67. The van der Waals surface area contributed by atoms with Crippen LogP contribution in [0.4, 0.5) is 5.69 Å². The van der Waals surface area contributed by atoms with E-state index in [2.05, 4.69) is 20.4 Å². The fraction of sp³-hybridized carbons (Fsp3) is 0.278. The van der Waals surface area contributed by atoms with Crippen molar-refractivity contribution in [3.8, 4) is 0 Å². The van der Waals surface area contributed by atoms with Crippen LogP contribution in [-0.4, -0.2) is 35.0 Å². The fourth-order valence-electron chi connectivity index (χ4n) is 2.71. The van der Waals surface area contributed by atoms with Gasteiger partial charge in [-0.15, -0.1) is 0 Å². The van der Waals surface area contributed by atoms with E-state index in [1.54, 1.807) is 13.0 Å². The van der Waals surface area contributed by atoms with Crippen molar-refractivity contribution in [1.29, 1.82) is 0 Å². The Morgan fingerprint density at radius 1 is 1.25 bits per heavy atom. The van der Waals surface area contributed by atoms with Crippen LogP contribution >= 0.6 is 0 Å². The number of nitrogens with zero attached hydrogens (tertiary/aromatic N) is 3. The maximum Gasteiger partial charge on any atom is 0.258 e. The minimum atomic E-state index is -0.196. The second kappa shape index (κ2) is 6.41. The maximum absolute atomic E-state index is 12.7. The van der Waals surface area contributed by atoms with Crippen molar-refractivity contribution in [3.63, 3.8) is 0 Å². The summed E-state index contributed by atoms with van der Waals surface area (Å²) in [7, 11) is 4.02. The van der Waals surface area contributed by atoms with Gasteiger partial charge in [0, 0.05) is 17.9 Å². The van der Waals surface area contributed by atoms with Crippen molar-refractivity contribution in [2.24, 2.45) is 0 Å². The standard InChI is InChI=1S/C18H20N4O2/c1-11-8-15(16-12(2)21-24-18(16)19-11)17(23)20-14-7-5-6-13(9-14)10-22(3)4/h5-9H,10H2,1-4H3,(H,20,23). The molecule has 0 fully saturated rings. The van der Waals surface area contributed by atoms with Crippen molar-refractivity contribution in [1.82, 2.24) is 15.0 Å². The Kier molecular flexibility index (Phi) is 4.31. The number of fused-ring (bicyclic) bond motifs is 1. The summed E-state index contributed by atoms with van der Waals surface area (Å²) in [6.45, 7) is 4.44. The van der Waals surface area contributed by atoms with Gasteiger partial charge in [-0.2, -0.15) is 0 Å². The van der Waals surface area contributed by atoms with Crippen molar-refractivity contribution in [2.45, 2.75) is 20.4 Å². The maximum atomic E-state index is 12.7. The van der Waals surface area contributed by atoms with E-state index in [1.807, 2.05) is 45.3 Å². The fourth-order valence-corrected chi connectivity index (χ4v) is 2.71. The Morgan fingerprint density at radius 2 is 2.04 bits per heavy atom. The molecule has 3 rings (SSSR count). The predicted molar refractivity (Wildman–Crippen MR) is 93.1 cm³/mol. The van der Waals surface area contributed by atoms with Gasteiger partial charge in [-0.05, 0) is 51.7 Å². The summed E-state index contributed by atoms with van der Waals surface area (Å²) in [5.41, 5.74) is 4.17. The first-order valence-corrected chi connectivity index (χ1v) is 7.72. The molecule has 2 heterocycles. The third-order valence-electron chi connectivity index (χ3n) is 3.67. The van der Waals surface area contributed by atoms with Gasteiger partial charge >= 0.3 is 0 Å². The number of amides is 1. The second-order valence-corrected chi connectivity index (χ2v) is 6.15. The van der Waals surface area contributed by atoms with Crippen LogP contribution in [-0.2, 0) is 6.54 Å². The molecule has 0 unspecified atom stereocenters. The molecule has 0 spiro atoms. The lowest BCUT2D eigenvalue weighted by Gasteiger charge is -2.12. The largest absolute Gasteiger partial charge is 0.336 e. The molecular formula is C18H20N4O2. The molecule has 1 N–H and O–H groups in total. The number of hydrogen-bond donors (Lipinski definition) is 1. The molecule has 124 valence electrons. The van der Waals surface area contributed by atoms with Gasteiger partial charge in [-0.1, -0.05) is 17.3 Å². The number of nitrogens with one attached hydrogen (secondary N) is 1. The van der Waals surface area contributed by atoms with E-state index in [-0.39, 0.29) is 5.91 Å². The van der Waals surface area contributed by atoms with Crippen LogP contribution in [0, 0.1) is 13.8 Å². The average molecular weight is 324 g/mol. The van der Waals surface area contributed by atoms with E-state index in [1.165, 1.54) is 0 Å². The zero-order valence-electron chi connectivity index (χ0n) is 14.3. The van der Waals surface area contributed by atoms with Crippen molar-refractivity contribution < 1.29 is 9.32 Å². The zero-order valence-corrected chi connectivity index (χ0v) is 14.3. The number of aromatic nitrogens is 2. The molecule has 0 aliphatic heterocycles. The molecule has 2 aromatic heterocycles. The van der Waals surface area contributed by atoms with Gasteiger partial charge in [-0.3, -0.25) is 4.79 Å². The first kappa shape index (κ1) is 16.1. The predicted octanol–water partition coefficient (Wildman–Crippen LogP) is 3.15. The number of carbonyl (C=O) groups is 1. The Labute approximate surface area is 140 Å². The molecule has 3 aromatic rings. The summed E-state index contributed by atoms with van der Waals surface area (Å²) in [4.78, 5) is 19.1. The number of pyridine rings is 1. The lowest BCUT2D eigenvalue weighted by atomic mass is 10.1. The molecule has 0 bridgehead atoms. The van der Waals surface area contributed by atoms with Crippen LogP contribution in [0.5, 0.6) is 0 Å². The van der Waals surface area contributed by atoms with Crippen LogP contribution < -0.4 is 5.32 Å². The van der Waals surface area contributed by atoms with E-state index in [9.17, 15) is 4.79 Å². The number of carbonyl (C=O) groups excluding carboxylic acids is 1. The second-order valence-electron chi connectivity index (χ2n) is 6.15. The van der Waals surface area contributed by atoms with Crippen LogP contribution in [0.15, 0.2) is 34.9 Å². The topological polar surface area (TPSA) is 71.3 Å². The van der Waals surface area contributed by atoms with Crippen molar-refractivity contribution >= 4 is 22.7 Å². The molecule has 0 aliphatic carbocycles. The molecule has 0 saturated heterocycles. The van der Waals surface area contributed by atoms with Gasteiger partial charge in [0.15, 0.2) is 0 Å². The van der Waals surface area contributed by atoms with Crippen LogP contribution in [0.1, 0.15) is 27.3 Å². The van der Waals surface area contributed by atoms with E-state index in [0.29, 0.717) is 28.1 Å². The lowest BCUT2D eigenvalue weighted by molar-refractivity contribution is 0.102. The molecule has 0 atom stereocenters. The summed E-state index contributed by atoms with van der Waals surface area (Å²) in [6.07, 6.45) is 0. The van der Waals surface area contributed by atoms with Gasteiger partial charge in [0.05, 0.1) is 16.6 Å². The first-order chi connectivity index (χ1) is 11.4. The molecule has 6 nitrogen and oxygen atoms in total. The number of anilines is 1. The first-order valence-electron chi connectivity index (χ1n) is 7.72. The lowest BCUT2D eigenvalue weighted by Crippen LogP contribution is -2.14. The molecule has 1 amide bonds. The highest BCUT2D eigenvalue weighted by atomic mass is 16.5. The van der Waals surface area contributed by atoms with Gasteiger partial charge < -0.3 is 14.7 Å². The summed E-state index contributed by atoms with van der Waals surface area (Å²) in [5, 5.41) is 7.52. The smallest absolute Gasteiger partial charge is 0.258 e. The molecule has 24 heavy (non-hydrogen) atoms. The van der Waals surface area contributed by atoms with Gasteiger partial charge in [0.25, 0.3) is 11.6 Å². The number of aryl methyl sites for hydroxylation is 2. The van der Waals surface area contributed by atoms with Gasteiger partial charge in [0.1, 0.15) is 0 Å². The average Bonchev–Trinajstić information content (AvgIpc) is 2.87. The molecule has 1 aromatic carbocycles. The van der Waals surface area contributed by atoms with Crippen LogP contribution in [0.25, 0.3) is 11.1 Å². The highest BCUT2D eigenvalue weighted by Crippen LogP contribution is 2.23. The Bertz CT molecular complexity index is 899.